The van der Waals surface area contributed by atoms with E-state index >= 15 is 0 Å². The Kier molecular flexibility index (Phi) is 4.66. The number of hydrogen-bond donors (Lipinski definition) is 0. The van der Waals surface area contributed by atoms with Gasteiger partial charge in [-0.15, -0.1) is 0 Å². The Bertz CT molecular complexity index is 1010. The van der Waals surface area contributed by atoms with Crippen LogP contribution in [0.15, 0.2) is 41.5 Å². The molecule has 2 aliphatic heterocycles. The van der Waals surface area contributed by atoms with E-state index in [1.54, 1.807) is 40.5 Å². The number of fused-ring (bicyclic) bond motifs is 1. The van der Waals surface area contributed by atoms with Crippen LogP contribution in [0.2, 0.25) is 0 Å². The van der Waals surface area contributed by atoms with Crippen molar-refractivity contribution in [1.82, 2.24) is 19.7 Å². The molecule has 1 saturated heterocycles. The van der Waals surface area contributed by atoms with Crippen LogP contribution < -0.4 is 10.5 Å². The molecule has 5 heterocycles. The molecule has 1 fully saturated rings. The van der Waals surface area contributed by atoms with Crippen molar-refractivity contribution < 1.29 is 4.74 Å². The second-order valence-electron chi connectivity index (χ2n) is 7.13. The fourth-order valence-electron chi connectivity index (χ4n) is 3.87. The number of pyridine rings is 1. The smallest absolute Gasteiger partial charge is 0.266 e. The maximum Gasteiger partial charge on any atom is 0.266 e. The second kappa shape index (κ2) is 7.44. The highest BCUT2D eigenvalue weighted by Gasteiger charge is 2.29. The quantitative estimate of drug-likeness (QED) is 0.676. The van der Waals surface area contributed by atoms with Crippen LogP contribution in [0.4, 0.5) is 5.13 Å². The zero-order valence-electron chi connectivity index (χ0n) is 15.5. The summed E-state index contributed by atoms with van der Waals surface area (Å²) < 4.78 is 7.15. The van der Waals surface area contributed by atoms with Crippen molar-refractivity contribution in [2.45, 2.75) is 38.5 Å². The van der Waals surface area contributed by atoms with Crippen LogP contribution in [-0.2, 0) is 24.3 Å². The maximum absolute atomic E-state index is 12.4. The number of thiazole rings is 1. The van der Waals surface area contributed by atoms with E-state index < -0.39 is 0 Å². The first-order valence-corrected chi connectivity index (χ1v) is 10.4. The van der Waals surface area contributed by atoms with Gasteiger partial charge in [0.15, 0.2) is 5.13 Å². The summed E-state index contributed by atoms with van der Waals surface area (Å²) in [5.41, 5.74) is 2.84. The zero-order chi connectivity index (χ0) is 18.9. The molecule has 0 aromatic carbocycles. The Labute approximate surface area is 166 Å². The Hall–Kier alpha value is -2.58. The van der Waals surface area contributed by atoms with E-state index in [9.17, 15) is 4.79 Å². The van der Waals surface area contributed by atoms with Gasteiger partial charge >= 0.3 is 0 Å². The molecule has 0 radical (unpaired) electrons. The first-order chi connectivity index (χ1) is 13.8. The standard InChI is InChI=1S/C20H21N5O2S/c26-19-4-3-16(14-5-8-21-9-6-14)23-25(19)12-15-2-1-10-24(15)20-22-17-7-11-27-13-18(17)28-20/h3-6,8-9,15H,1-2,7,10-13H2. The van der Waals surface area contributed by atoms with Gasteiger partial charge in [-0.25, -0.2) is 9.67 Å². The number of aromatic nitrogens is 4. The summed E-state index contributed by atoms with van der Waals surface area (Å²) in [6, 6.07) is 7.41. The van der Waals surface area contributed by atoms with Crippen LogP contribution in [-0.4, -0.2) is 38.9 Å². The van der Waals surface area contributed by atoms with Crippen molar-refractivity contribution >= 4 is 16.5 Å². The molecule has 0 saturated carbocycles. The summed E-state index contributed by atoms with van der Waals surface area (Å²) >= 11 is 1.73. The molecule has 1 atom stereocenters. The highest BCUT2D eigenvalue weighted by molar-refractivity contribution is 7.15. The normalized spacial score (nSPS) is 19.0. The lowest BCUT2D eigenvalue weighted by Gasteiger charge is -2.24. The first kappa shape index (κ1) is 17.5. The van der Waals surface area contributed by atoms with Gasteiger partial charge < -0.3 is 9.64 Å². The molecule has 8 heteroatoms. The predicted octanol–water partition coefficient (Wildman–Crippen LogP) is 2.50. The summed E-state index contributed by atoms with van der Waals surface area (Å²) in [5, 5.41) is 5.66. The Balaban J connectivity index is 1.41. The molecule has 28 heavy (non-hydrogen) atoms. The average molecular weight is 395 g/mol. The van der Waals surface area contributed by atoms with Gasteiger partial charge in [0.25, 0.3) is 5.56 Å². The van der Waals surface area contributed by atoms with Crippen molar-refractivity contribution in [3.63, 3.8) is 0 Å². The zero-order valence-corrected chi connectivity index (χ0v) is 16.3. The van der Waals surface area contributed by atoms with E-state index in [0.717, 1.165) is 48.8 Å². The van der Waals surface area contributed by atoms with Gasteiger partial charge in [0, 0.05) is 37.0 Å². The first-order valence-electron chi connectivity index (χ1n) is 9.59. The molecule has 144 valence electrons. The minimum absolute atomic E-state index is 0.0727. The molecule has 1 unspecified atom stereocenters. The molecule has 0 spiro atoms. The van der Waals surface area contributed by atoms with Crippen LogP contribution in [0.5, 0.6) is 0 Å². The largest absolute Gasteiger partial charge is 0.375 e. The Morgan fingerprint density at radius 1 is 1.21 bits per heavy atom. The van der Waals surface area contributed by atoms with Gasteiger partial charge in [-0.1, -0.05) is 11.3 Å². The van der Waals surface area contributed by atoms with E-state index in [1.165, 1.54) is 10.6 Å². The summed E-state index contributed by atoms with van der Waals surface area (Å²) in [7, 11) is 0. The topological polar surface area (TPSA) is 73.1 Å². The number of anilines is 1. The van der Waals surface area contributed by atoms with E-state index in [-0.39, 0.29) is 11.6 Å². The van der Waals surface area contributed by atoms with Gasteiger partial charge in [0.2, 0.25) is 0 Å². The molecule has 2 aliphatic rings. The molecule has 0 amide bonds. The van der Waals surface area contributed by atoms with Crippen LogP contribution in [0.3, 0.4) is 0 Å². The summed E-state index contributed by atoms with van der Waals surface area (Å²) in [6.07, 6.45) is 6.50. The number of rotatable bonds is 4. The van der Waals surface area contributed by atoms with Gasteiger partial charge in [0.1, 0.15) is 0 Å². The van der Waals surface area contributed by atoms with Gasteiger partial charge in [-0.05, 0) is 31.0 Å². The third kappa shape index (κ3) is 3.33. The molecule has 0 bridgehead atoms. The van der Waals surface area contributed by atoms with Crippen LogP contribution in [0.1, 0.15) is 23.4 Å². The molecule has 3 aromatic rings. The molecular formula is C20H21N5O2S. The third-order valence-corrected chi connectivity index (χ3v) is 6.44. The lowest BCUT2D eigenvalue weighted by Crippen LogP contribution is -2.37. The molecule has 3 aromatic heterocycles. The summed E-state index contributed by atoms with van der Waals surface area (Å²) in [6.45, 7) is 2.95. The fraction of sp³-hybridized carbons (Fsp3) is 0.400. The van der Waals surface area contributed by atoms with Gasteiger partial charge in [0.05, 0.1) is 42.1 Å². The fourth-order valence-corrected chi connectivity index (χ4v) is 5.01. The number of nitrogens with zero attached hydrogens (tertiary/aromatic N) is 5. The minimum Gasteiger partial charge on any atom is -0.375 e. The minimum atomic E-state index is -0.0727. The SMILES string of the molecule is O=c1ccc(-c2ccncc2)nn1CC1CCCN1c1nc2c(s1)COCC2. The van der Waals surface area contributed by atoms with E-state index in [1.807, 2.05) is 12.1 Å². The second-order valence-corrected chi connectivity index (χ2v) is 8.20. The summed E-state index contributed by atoms with van der Waals surface area (Å²) in [4.78, 5) is 24.9. The number of ether oxygens (including phenoxy) is 1. The van der Waals surface area contributed by atoms with Crippen molar-refractivity contribution in [2.75, 3.05) is 18.1 Å². The predicted molar refractivity (Wildman–Crippen MR) is 108 cm³/mol. The van der Waals surface area contributed by atoms with Crippen molar-refractivity contribution in [2.24, 2.45) is 0 Å². The van der Waals surface area contributed by atoms with Crippen molar-refractivity contribution in [3.05, 3.63) is 57.6 Å². The monoisotopic (exact) mass is 395 g/mol. The van der Waals surface area contributed by atoms with E-state index in [2.05, 4.69) is 15.0 Å². The lowest BCUT2D eigenvalue weighted by molar-refractivity contribution is 0.112. The highest BCUT2D eigenvalue weighted by Crippen LogP contribution is 2.34. The average Bonchev–Trinajstić information content (AvgIpc) is 3.36. The third-order valence-electron chi connectivity index (χ3n) is 5.33. The van der Waals surface area contributed by atoms with Gasteiger partial charge in [-0.3, -0.25) is 9.78 Å². The molecule has 7 nitrogen and oxygen atoms in total. The summed E-state index contributed by atoms with van der Waals surface area (Å²) in [5.74, 6) is 0. The van der Waals surface area contributed by atoms with Crippen LogP contribution in [0, 0.1) is 0 Å². The molecule has 0 aliphatic carbocycles. The van der Waals surface area contributed by atoms with Crippen LogP contribution >= 0.6 is 11.3 Å². The van der Waals surface area contributed by atoms with Gasteiger partial charge in [-0.2, -0.15) is 5.10 Å². The molecule has 5 rings (SSSR count). The molecule has 0 N–H and O–H groups in total. The Morgan fingerprint density at radius 3 is 2.96 bits per heavy atom. The van der Waals surface area contributed by atoms with E-state index in [0.29, 0.717) is 13.2 Å². The highest BCUT2D eigenvalue weighted by atomic mass is 32.1. The van der Waals surface area contributed by atoms with Crippen molar-refractivity contribution in [3.8, 4) is 11.3 Å². The number of hydrogen-bond acceptors (Lipinski definition) is 7. The lowest BCUT2D eigenvalue weighted by atomic mass is 10.2. The van der Waals surface area contributed by atoms with E-state index in [4.69, 9.17) is 9.72 Å². The molecular weight excluding hydrogens is 374 g/mol. The Morgan fingerprint density at radius 2 is 2.11 bits per heavy atom. The maximum atomic E-state index is 12.4. The van der Waals surface area contributed by atoms with Crippen molar-refractivity contribution in [1.29, 1.82) is 0 Å². The van der Waals surface area contributed by atoms with Crippen LogP contribution in [0.25, 0.3) is 11.3 Å².